The van der Waals surface area contributed by atoms with Crippen LogP contribution in [0.4, 0.5) is 4.39 Å². The van der Waals surface area contributed by atoms with E-state index in [-0.39, 0.29) is 11.8 Å². The summed E-state index contributed by atoms with van der Waals surface area (Å²) < 4.78 is 15.0. The van der Waals surface area contributed by atoms with Crippen molar-refractivity contribution in [2.75, 3.05) is 0 Å². The van der Waals surface area contributed by atoms with E-state index in [0.29, 0.717) is 11.1 Å². The van der Waals surface area contributed by atoms with Crippen LogP contribution in [0.15, 0.2) is 52.8 Å². The van der Waals surface area contributed by atoms with E-state index in [1.165, 1.54) is 17.4 Å². The van der Waals surface area contributed by atoms with E-state index in [1.807, 2.05) is 5.38 Å². The molecule has 22 heavy (non-hydrogen) atoms. The van der Waals surface area contributed by atoms with Crippen molar-refractivity contribution >= 4 is 33.3 Å². The number of hydrogen-bond donors (Lipinski definition) is 2. The van der Waals surface area contributed by atoms with Crippen LogP contribution in [0, 0.1) is 5.82 Å². The number of rotatable bonds is 2. The molecule has 110 valence electrons. The fourth-order valence-corrected chi connectivity index (χ4v) is 3.17. The first kappa shape index (κ1) is 14.2. The lowest BCUT2D eigenvalue weighted by Gasteiger charge is -2.03. The SMILES string of the molecule is NC(N)=NC(=O)c1ccc2scc(-c3ccccc3F)c2c1. The second-order valence-corrected chi connectivity index (χ2v) is 5.59. The largest absolute Gasteiger partial charge is 0.370 e. The maximum absolute atomic E-state index is 14.0. The van der Waals surface area contributed by atoms with Crippen LogP contribution in [0.5, 0.6) is 0 Å². The number of nitrogens with two attached hydrogens (primary N) is 2. The Morgan fingerprint density at radius 3 is 2.59 bits per heavy atom. The van der Waals surface area contributed by atoms with Gasteiger partial charge >= 0.3 is 0 Å². The van der Waals surface area contributed by atoms with Gasteiger partial charge in [-0.15, -0.1) is 11.3 Å². The molecule has 1 aromatic heterocycles. The summed E-state index contributed by atoms with van der Waals surface area (Å²) in [5.74, 6) is -1.11. The van der Waals surface area contributed by atoms with Gasteiger partial charge in [-0.2, -0.15) is 4.99 Å². The number of carbonyl (C=O) groups excluding carboxylic acids is 1. The van der Waals surface area contributed by atoms with Crippen LogP contribution in [-0.2, 0) is 0 Å². The number of nitrogens with zero attached hydrogens (tertiary/aromatic N) is 1. The Morgan fingerprint density at radius 1 is 1.09 bits per heavy atom. The summed E-state index contributed by atoms with van der Waals surface area (Å²) in [6, 6.07) is 11.7. The second kappa shape index (κ2) is 5.57. The number of guanidine groups is 1. The molecule has 3 rings (SSSR count). The zero-order valence-electron chi connectivity index (χ0n) is 11.4. The highest BCUT2D eigenvalue weighted by Gasteiger charge is 2.13. The topological polar surface area (TPSA) is 81.5 Å². The molecule has 0 fully saturated rings. The van der Waals surface area contributed by atoms with Gasteiger partial charge in [0.15, 0.2) is 5.96 Å². The summed E-state index contributed by atoms with van der Waals surface area (Å²) in [5, 5.41) is 2.67. The number of benzene rings is 2. The smallest absolute Gasteiger partial charge is 0.280 e. The third kappa shape index (κ3) is 2.56. The molecule has 0 spiro atoms. The van der Waals surface area contributed by atoms with Crippen molar-refractivity contribution in [1.29, 1.82) is 0 Å². The average molecular weight is 313 g/mol. The Balaban J connectivity index is 2.16. The molecule has 1 amide bonds. The van der Waals surface area contributed by atoms with Crippen LogP contribution in [0.25, 0.3) is 21.2 Å². The first-order valence-corrected chi connectivity index (χ1v) is 7.34. The molecule has 0 bridgehead atoms. The normalized spacial score (nSPS) is 10.6. The van der Waals surface area contributed by atoms with Crippen molar-refractivity contribution in [3.63, 3.8) is 0 Å². The van der Waals surface area contributed by atoms with Crippen molar-refractivity contribution < 1.29 is 9.18 Å². The van der Waals surface area contributed by atoms with Gasteiger partial charge in [-0.05, 0) is 29.6 Å². The minimum Gasteiger partial charge on any atom is -0.370 e. The second-order valence-electron chi connectivity index (χ2n) is 4.68. The van der Waals surface area contributed by atoms with Gasteiger partial charge in [0.25, 0.3) is 5.91 Å². The summed E-state index contributed by atoms with van der Waals surface area (Å²) in [4.78, 5) is 15.4. The lowest BCUT2D eigenvalue weighted by molar-refractivity contribution is 0.100. The van der Waals surface area contributed by atoms with E-state index in [0.717, 1.165) is 15.6 Å². The van der Waals surface area contributed by atoms with E-state index in [4.69, 9.17) is 11.5 Å². The summed E-state index contributed by atoms with van der Waals surface area (Å²) in [7, 11) is 0. The maximum Gasteiger partial charge on any atom is 0.280 e. The van der Waals surface area contributed by atoms with Gasteiger partial charge in [-0.1, -0.05) is 18.2 Å². The lowest BCUT2D eigenvalue weighted by Crippen LogP contribution is -2.24. The molecule has 4 nitrogen and oxygen atoms in total. The fourth-order valence-electron chi connectivity index (χ4n) is 2.23. The molecule has 2 aromatic carbocycles. The number of carbonyl (C=O) groups is 1. The van der Waals surface area contributed by atoms with Crippen LogP contribution in [0.1, 0.15) is 10.4 Å². The first-order valence-electron chi connectivity index (χ1n) is 6.46. The molecular weight excluding hydrogens is 301 g/mol. The Labute approximate surface area is 129 Å². The zero-order valence-corrected chi connectivity index (χ0v) is 12.2. The molecule has 0 saturated carbocycles. The fraction of sp³-hybridized carbons (Fsp3) is 0. The van der Waals surface area contributed by atoms with Gasteiger partial charge in [0, 0.05) is 26.8 Å². The Kier molecular flexibility index (Phi) is 3.60. The predicted octanol–water partition coefficient (Wildman–Crippen LogP) is 3.12. The molecule has 1 heterocycles. The van der Waals surface area contributed by atoms with Crippen molar-refractivity contribution in [2.24, 2.45) is 16.5 Å². The van der Waals surface area contributed by atoms with E-state index >= 15 is 0 Å². The predicted molar refractivity (Wildman–Crippen MR) is 87.4 cm³/mol. The quantitative estimate of drug-likeness (QED) is 0.563. The van der Waals surface area contributed by atoms with E-state index in [9.17, 15) is 9.18 Å². The lowest BCUT2D eigenvalue weighted by atomic mass is 10.0. The number of fused-ring (bicyclic) bond motifs is 1. The molecule has 0 unspecified atom stereocenters. The number of thiophene rings is 1. The minimum atomic E-state index is -0.521. The highest BCUT2D eigenvalue weighted by molar-refractivity contribution is 7.17. The van der Waals surface area contributed by atoms with E-state index in [1.54, 1.807) is 36.4 Å². The van der Waals surface area contributed by atoms with Gasteiger partial charge in [0.05, 0.1) is 0 Å². The Hall–Kier alpha value is -2.73. The molecular formula is C16H12FN3OS. The van der Waals surface area contributed by atoms with Crippen LogP contribution >= 0.6 is 11.3 Å². The number of aliphatic imine (C=N–C) groups is 1. The van der Waals surface area contributed by atoms with Crippen molar-refractivity contribution in [2.45, 2.75) is 0 Å². The number of halogens is 1. The minimum absolute atomic E-state index is 0.287. The van der Waals surface area contributed by atoms with Gasteiger partial charge in [-0.25, -0.2) is 4.39 Å². The van der Waals surface area contributed by atoms with Crippen molar-refractivity contribution in [3.05, 3.63) is 59.2 Å². The van der Waals surface area contributed by atoms with Crippen LogP contribution < -0.4 is 11.5 Å². The molecule has 0 aliphatic rings. The third-order valence-corrected chi connectivity index (χ3v) is 4.18. The summed E-state index contributed by atoms with van der Waals surface area (Å²) in [5.41, 5.74) is 12.1. The average Bonchev–Trinajstić information content (AvgIpc) is 2.90. The van der Waals surface area contributed by atoms with E-state index in [2.05, 4.69) is 4.99 Å². The summed E-state index contributed by atoms with van der Waals surface area (Å²) in [6.07, 6.45) is 0. The maximum atomic E-state index is 14.0. The molecule has 0 radical (unpaired) electrons. The van der Waals surface area contributed by atoms with Crippen LogP contribution in [0.2, 0.25) is 0 Å². The van der Waals surface area contributed by atoms with Gasteiger partial charge in [-0.3, -0.25) is 4.79 Å². The molecule has 0 aliphatic carbocycles. The first-order chi connectivity index (χ1) is 10.6. The molecule has 4 N–H and O–H groups in total. The van der Waals surface area contributed by atoms with Gasteiger partial charge < -0.3 is 11.5 Å². The molecule has 0 aliphatic heterocycles. The standard InChI is InChI=1S/C16H12FN3OS/c17-13-4-2-1-3-10(13)12-8-22-14-6-5-9(7-11(12)14)15(21)20-16(18)19/h1-8H,(H4,18,19,20,21). The van der Waals surface area contributed by atoms with Crippen molar-refractivity contribution in [3.8, 4) is 11.1 Å². The molecule has 6 heteroatoms. The Morgan fingerprint density at radius 2 is 1.86 bits per heavy atom. The monoisotopic (exact) mass is 313 g/mol. The summed E-state index contributed by atoms with van der Waals surface area (Å²) >= 11 is 1.49. The van der Waals surface area contributed by atoms with Gasteiger partial charge in [0.2, 0.25) is 0 Å². The van der Waals surface area contributed by atoms with Crippen LogP contribution in [0.3, 0.4) is 0 Å². The zero-order chi connectivity index (χ0) is 15.7. The van der Waals surface area contributed by atoms with Gasteiger partial charge in [0.1, 0.15) is 5.82 Å². The third-order valence-electron chi connectivity index (χ3n) is 3.22. The highest BCUT2D eigenvalue weighted by atomic mass is 32.1. The molecule has 0 saturated heterocycles. The number of amides is 1. The van der Waals surface area contributed by atoms with E-state index < -0.39 is 5.91 Å². The van der Waals surface area contributed by atoms with Crippen LogP contribution in [-0.4, -0.2) is 11.9 Å². The molecule has 3 aromatic rings. The number of hydrogen-bond acceptors (Lipinski definition) is 2. The molecule has 0 atom stereocenters. The Bertz CT molecular complexity index is 897. The summed E-state index contributed by atoms with van der Waals surface area (Å²) in [6.45, 7) is 0. The highest BCUT2D eigenvalue weighted by Crippen LogP contribution is 2.35. The van der Waals surface area contributed by atoms with Crippen molar-refractivity contribution in [1.82, 2.24) is 0 Å².